The number of pyridine rings is 1. The molecule has 0 saturated heterocycles. The first kappa shape index (κ1) is 26.9. The summed E-state index contributed by atoms with van der Waals surface area (Å²) in [6.45, 7) is 1.77. The highest BCUT2D eigenvalue weighted by Gasteiger charge is 2.25. The molecule has 0 spiro atoms. The molecule has 1 unspecified atom stereocenters. The summed E-state index contributed by atoms with van der Waals surface area (Å²) in [4.78, 5) is 40.1. The summed E-state index contributed by atoms with van der Waals surface area (Å²) in [6.07, 6.45) is 3.77. The molecule has 5 aromatic rings. The zero-order valence-corrected chi connectivity index (χ0v) is 22.7. The number of ketones is 1. The number of Topliss-reactive ketones (excluding diaryl/α,β-unsaturated/α-hetero) is 1. The van der Waals surface area contributed by atoms with Gasteiger partial charge in [-0.25, -0.2) is 0 Å². The minimum Gasteiger partial charge on any atom is -0.495 e. The average Bonchev–Trinajstić information content (AvgIpc) is 3.44. The summed E-state index contributed by atoms with van der Waals surface area (Å²) in [7, 11) is 1.48. The highest BCUT2D eigenvalue weighted by atomic mass is 35.5. The van der Waals surface area contributed by atoms with Crippen LogP contribution in [0.25, 0.3) is 22.0 Å². The summed E-state index contributed by atoms with van der Waals surface area (Å²) >= 11 is 6.28. The SMILES string of the molecule is CCC(=O)c1ccc(Cl)cc1-c1cc(=O)n(C(Cc2ccccc2)C(=O)Nc2ccc3cn[nH]c3c2)cc1OC. The lowest BCUT2D eigenvalue weighted by atomic mass is 9.95. The maximum atomic E-state index is 13.7. The van der Waals surface area contributed by atoms with E-state index in [1.165, 1.54) is 23.9 Å². The van der Waals surface area contributed by atoms with Gasteiger partial charge in [0.1, 0.15) is 11.8 Å². The number of fused-ring (bicyclic) bond motifs is 1. The quantitative estimate of drug-likeness (QED) is 0.215. The Morgan fingerprint density at radius 3 is 2.60 bits per heavy atom. The average molecular weight is 555 g/mol. The van der Waals surface area contributed by atoms with E-state index in [1.54, 1.807) is 43.5 Å². The first-order chi connectivity index (χ1) is 19.4. The minimum absolute atomic E-state index is 0.0894. The molecule has 2 heterocycles. The molecule has 8 nitrogen and oxygen atoms in total. The Morgan fingerprint density at radius 1 is 1.05 bits per heavy atom. The number of amides is 1. The predicted molar refractivity (Wildman–Crippen MR) is 156 cm³/mol. The smallest absolute Gasteiger partial charge is 0.252 e. The van der Waals surface area contributed by atoms with Crippen molar-refractivity contribution < 1.29 is 14.3 Å². The second kappa shape index (κ2) is 11.6. The van der Waals surface area contributed by atoms with Gasteiger partial charge in [-0.15, -0.1) is 0 Å². The van der Waals surface area contributed by atoms with Crippen molar-refractivity contribution in [3.63, 3.8) is 0 Å². The van der Waals surface area contributed by atoms with Crippen LogP contribution in [0.1, 0.15) is 35.3 Å². The molecule has 2 N–H and O–H groups in total. The van der Waals surface area contributed by atoms with Crippen molar-refractivity contribution in [1.82, 2.24) is 14.8 Å². The number of methoxy groups -OCH3 is 1. The second-order valence-corrected chi connectivity index (χ2v) is 9.77. The van der Waals surface area contributed by atoms with E-state index in [-0.39, 0.29) is 24.5 Å². The Bertz CT molecular complexity index is 1760. The molecule has 0 radical (unpaired) electrons. The van der Waals surface area contributed by atoms with E-state index < -0.39 is 11.6 Å². The van der Waals surface area contributed by atoms with Crippen molar-refractivity contribution in [3.05, 3.63) is 112 Å². The highest BCUT2D eigenvalue weighted by molar-refractivity contribution is 6.31. The van der Waals surface area contributed by atoms with Gasteiger partial charge in [-0.05, 0) is 47.5 Å². The number of nitrogens with zero attached hydrogens (tertiary/aromatic N) is 2. The van der Waals surface area contributed by atoms with Crippen molar-refractivity contribution in [2.75, 3.05) is 12.4 Å². The van der Waals surface area contributed by atoms with Crippen molar-refractivity contribution in [2.24, 2.45) is 0 Å². The number of anilines is 1. The maximum Gasteiger partial charge on any atom is 0.252 e. The number of hydrogen-bond donors (Lipinski definition) is 2. The Hall–Kier alpha value is -4.69. The van der Waals surface area contributed by atoms with Crippen LogP contribution < -0.4 is 15.6 Å². The number of benzene rings is 3. The molecule has 0 aliphatic rings. The minimum atomic E-state index is -0.897. The molecule has 3 aromatic carbocycles. The summed E-state index contributed by atoms with van der Waals surface area (Å²) < 4.78 is 7.05. The third-order valence-corrected chi connectivity index (χ3v) is 7.01. The van der Waals surface area contributed by atoms with Crippen LogP contribution >= 0.6 is 11.6 Å². The van der Waals surface area contributed by atoms with E-state index >= 15 is 0 Å². The fraction of sp³-hybridized carbons (Fsp3) is 0.161. The van der Waals surface area contributed by atoms with Crippen LogP contribution in [0.3, 0.4) is 0 Å². The standard InChI is InChI=1S/C31H27ClN4O4/c1-3-28(37)23-12-10-21(32)14-24(23)25-16-30(38)36(18-29(25)40-2)27(13-19-7-5-4-6-8-19)31(39)34-22-11-9-20-17-33-35-26(20)15-22/h4-12,14-18,27H,3,13H2,1-2H3,(H,33,35)(H,34,39). The summed E-state index contributed by atoms with van der Waals surface area (Å²) in [5.74, 6) is -0.130. The van der Waals surface area contributed by atoms with Crippen LogP contribution in [-0.4, -0.2) is 33.6 Å². The highest BCUT2D eigenvalue weighted by Crippen LogP contribution is 2.34. The van der Waals surface area contributed by atoms with Crippen LogP contribution in [-0.2, 0) is 11.2 Å². The Morgan fingerprint density at radius 2 is 1.85 bits per heavy atom. The van der Waals surface area contributed by atoms with Crippen LogP contribution in [0.5, 0.6) is 5.75 Å². The molecule has 9 heteroatoms. The van der Waals surface area contributed by atoms with Crippen LogP contribution in [0.4, 0.5) is 5.69 Å². The third-order valence-electron chi connectivity index (χ3n) is 6.78. The third kappa shape index (κ3) is 5.53. The molecule has 202 valence electrons. The van der Waals surface area contributed by atoms with E-state index in [2.05, 4.69) is 15.5 Å². The zero-order valence-electron chi connectivity index (χ0n) is 22.0. The number of nitrogens with one attached hydrogen (secondary N) is 2. The Kier molecular flexibility index (Phi) is 7.79. The molecule has 0 aliphatic heterocycles. The number of rotatable bonds is 9. The van der Waals surface area contributed by atoms with E-state index in [0.717, 1.165) is 16.5 Å². The molecule has 0 aliphatic carbocycles. The zero-order chi connectivity index (χ0) is 28.2. The van der Waals surface area contributed by atoms with E-state index in [9.17, 15) is 14.4 Å². The predicted octanol–water partition coefficient (Wildman–Crippen LogP) is 6.07. The van der Waals surface area contributed by atoms with Crippen LogP contribution in [0.15, 0.2) is 90.0 Å². The van der Waals surface area contributed by atoms with Crippen molar-refractivity contribution >= 4 is 39.9 Å². The van der Waals surface area contributed by atoms with Gasteiger partial charge >= 0.3 is 0 Å². The lowest BCUT2D eigenvalue weighted by Gasteiger charge is -2.22. The molecule has 0 bridgehead atoms. The molecule has 0 saturated carbocycles. The first-order valence-electron chi connectivity index (χ1n) is 12.8. The van der Waals surface area contributed by atoms with E-state index in [0.29, 0.717) is 33.1 Å². The fourth-order valence-electron chi connectivity index (χ4n) is 4.71. The molecule has 40 heavy (non-hydrogen) atoms. The van der Waals surface area contributed by atoms with Crippen molar-refractivity contribution in [1.29, 1.82) is 0 Å². The summed E-state index contributed by atoms with van der Waals surface area (Å²) in [6, 6.07) is 20.3. The molecule has 1 atom stereocenters. The topological polar surface area (TPSA) is 106 Å². The number of carbonyl (C=O) groups excluding carboxylic acids is 2. The van der Waals surface area contributed by atoms with Gasteiger partial charge in [0, 0.05) is 46.1 Å². The number of hydrogen-bond acceptors (Lipinski definition) is 5. The molecule has 0 fully saturated rings. The number of halogens is 1. The number of H-pyrrole nitrogens is 1. The number of aromatic nitrogens is 3. The summed E-state index contributed by atoms with van der Waals surface area (Å²) in [5, 5.41) is 11.2. The molecule has 5 rings (SSSR count). The van der Waals surface area contributed by atoms with Crippen molar-refractivity contribution in [3.8, 4) is 16.9 Å². The van der Waals surface area contributed by atoms with Gasteiger partial charge in [-0.1, -0.05) is 48.9 Å². The normalized spacial score (nSPS) is 11.8. The second-order valence-electron chi connectivity index (χ2n) is 9.33. The molecule has 2 aromatic heterocycles. The number of aromatic amines is 1. The van der Waals surface area contributed by atoms with E-state index in [4.69, 9.17) is 16.3 Å². The van der Waals surface area contributed by atoms with Gasteiger partial charge in [0.25, 0.3) is 5.56 Å². The van der Waals surface area contributed by atoms with Gasteiger partial charge < -0.3 is 10.1 Å². The lowest BCUT2D eigenvalue weighted by molar-refractivity contribution is -0.119. The summed E-state index contributed by atoms with van der Waals surface area (Å²) in [5.41, 5.74) is 3.16. The molecular formula is C31H27ClN4O4. The number of carbonyl (C=O) groups is 2. The lowest BCUT2D eigenvalue weighted by Crippen LogP contribution is -2.34. The van der Waals surface area contributed by atoms with Gasteiger partial charge in [-0.2, -0.15) is 5.10 Å². The van der Waals surface area contributed by atoms with Gasteiger partial charge in [0.2, 0.25) is 5.91 Å². The van der Waals surface area contributed by atoms with Crippen molar-refractivity contribution in [2.45, 2.75) is 25.8 Å². The Labute approximate surface area is 235 Å². The number of ether oxygens (including phenoxy) is 1. The van der Waals surface area contributed by atoms with Gasteiger partial charge in [0.05, 0.1) is 25.0 Å². The molecule has 1 amide bonds. The van der Waals surface area contributed by atoms with Gasteiger partial charge in [-0.3, -0.25) is 24.0 Å². The first-order valence-corrected chi connectivity index (χ1v) is 13.2. The largest absolute Gasteiger partial charge is 0.495 e. The fourth-order valence-corrected chi connectivity index (χ4v) is 4.89. The van der Waals surface area contributed by atoms with Crippen LogP contribution in [0, 0.1) is 0 Å². The van der Waals surface area contributed by atoms with E-state index in [1.807, 2.05) is 36.4 Å². The Balaban J connectivity index is 1.59. The maximum absolute atomic E-state index is 13.7. The monoisotopic (exact) mass is 554 g/mol. The van der Waals surface area contributed by atoms with Crippen LogP contribution in [0.2, 0.25) is 5.02 Å². The molecular weight excluding hydrogens is 528 g/mol. The van der Waals surface area contributed by atoms with Gasteiger partial charge in [0.15, 0.2) is 5.78 Å².